The SMILES string of the molecule is Fc1cc(Br)ccc1CNc1ccc(Br)cc1. The van der Waals surface area contributed by atoms with E-state index in [9.17, 15) is 4.39 Å². The largest absolute Gasteiger partial charge is 0.381 e. The van der Waals surface area contributed by atoms with Crippen molar-refractivity contribution in [3.05, 3.63) is 62.8 Å². The van der Waals surface area contributed by atoms with Gasteiger partial charge in [0, 0.05) is 26.7 Å². The van der Waals surface area contributed by atoms with Crippen molar-refractivity contribution in [2.24, 2.45) is 0 Å². The third-order valence-electron chi connectivity index (χ3n) is 2.34. The first-order valence-electron chi connectivity index (χ1n) is 5.08. The number of benzene rings is 2. The van der Waals surface area contributed by atoms with Crippen LogP contribution in [0.3, 0.4) is 0 Å². The molecule has 4 heteroatoms. The first-order chi connectivity index (χ1) is 8.15. The molecule has 0 aliphatic carbocycles. The van der Waals surface area contributed by atoms with Crippen molar-refractivity contribution in [1.29, 1.82) is 0 Å². The Morgan fingerprint density at radius 3 is 2.24 bits per heavy atom. The molecule has 2 rings (SSSR count). The van der Waals surface area contributed by atoms with Gasteiger partial charge >= 0.3 is 0 Å². The molecule has 0 radical (unpaired) electrons. The Morgan fingerprint density at radius 2 is 1.59 bits per heavy atom. The summed E-state index contributed by atoms with van der Waals surface area (Å²) >= 11 is 6.60. The molecule has 2 aromatic rings. The second kappa shape index (κ2) is 5.65. The maximum absolute atomic E-state index is 13.5. The van der Waals surface area contributed by atoms with Crippen LogP contribution in [0.5, 0.6) is 0 Å². The summed E-state index contributed by atoms with van der Waals surface area (Å²) in [5.74, 6) is -0.205. The summed E-state index contributed by atoms with van der Waals surface area (Å²) in [6, 6.07) is 12.9. The van der Waals surface area contributed by atoms with Crippen molar-refractivity contribution in [2.45, 2.75) is 6.54 Å². The summed E-state index contributed by atoms with van der Waals surface area (Å²) in [6.07, 6.45) is 0. The summed E-state index contributed by atoms with van der Waals surface area (Å²) in [4.78, 5) is 0. The molecule has 1 nitrogen and oxygen atoms in total. The predicted octanol–water partition coefficient (Wildman–Crippen LogP) is 4.96. The molecule has 0 amide bonds. The van der Waals surface area contributed by atoms with Crippen LogP contribution in [-0.4, -0.2) is 0 Å². The first-order valence-corrected chi connectivity index (χ1v) is 6.67. The molecule has 0 saturated heterocycles. The van der Waals surface area contributed by atoms with Crippen LogP contribution in [0.4, 0.5) is 10.1 Å². The van der Waals surface area contributed by atoms with Gasteiger partial charge in [-0.15, -0.1) is 0 Å². The van der Waals surface area contributed by atoms with Gasteiger partial charge in [0.25, 0.3) is 0 Å². The van der Waals surface area contributed by atoms with E-state index in [1.807, 2.05) is 30.3 Å². The van der Waals surface area contributed by atoms with Gasteiger partial charge in [-0.3, -0.25) is 0 Å². The molecule has 0 heterocycles. The summed E-state index contributed by atoms with van der Waals surface area (Å²) in [6.45, 7) is 0.473. The molecule has 1 N–H and O–H groups in total. The third kappa shape index (κ3) is 3.54. The molecule has 0 bridgehead atoms. The van der Waals surface area contributed by atoms with Crippen LogP contribution in [0, 0.1) is 5.82 Å². The summed E-state index contributed by atoms with van der Waals surface area (Å²) in [5.41, 5.74) is 1.62. The Kier molecular flexibility index (Phi) is 4.18. The van der Waals surface area contributed by atoms with Crippen molar-refractivity contribution in [3.8, 4) is 0 Å². The quantitative estimate of drug-likeness (QED) is 0.817. The molecule has 0 aliphatic heterocycles. The lowest BCUT2D eigenvalue weighted by Crippen LogP contribution is -2.01. The Balaban J connectivity index is 2.04. The molecule has 0 atom stereocenters. The van der Waals surface area contributed by atoms with E-state index in [2.05, 4.69) is 37.2 Å². The minimum Gasteiger partial charge on any atom is -0.381 e. The van der Waals surface area contributed by atoms with Crippen molar-refractivity contribution in [2.75, 3.05) is 5.32 Å². The van der Waals surface area contributed by atoms with Gasteiger partial charge in [0.2, 0.25) is 0 Å². The molecule has 0 aromatic heterocycles. The van der Waals surface area contributed by atoms with Crippen molar-refractivity contribution in [1.82, 2.24) is 0 Å². The summed E-state index contributed by atoms with van der Waals surface area (Å²) < 4.78 is 15.3. The fourth-order valence-electron chi connectivity index (χ4n) is 1.43. The van der Waals surface area contributed by atoms with E-state index >= 15 is 0 Å². The molecule has 0 saturated carbocycles. The van der Waals surface area contributed by atoms with Gasteiger partial charge in [-0.2, -0.15) is 0 Å². The Morgan fingerprint density at radius 1 is 0.941 bits per heavy atom. The number of anilines is 1. The van der Waals surface area contributed by atoms with Gasteiger partial charge in [0.1, 0.15) is 5.82 Å². The number of hydrogen-bond acceptors (Lipinski definition) is 1. The molecule has 0 spiro atoms. The standard InChI is InChI=1S/C13H10Br2FN/c14-10-3-5-12(6-4-10)17-8-9-1-2-11(15)7-13(9)16/h1-7,17H,8H2. The van der Waals surface area contributed by atoms with Gasteiger partial charge in [0.05, 0.1) is 0 Å². The third-order valence-corrected chi connectivity index (χ3v) is 3.36. The molecule has 17 heavy (non-hydrogen) atoms. The monoisotopic (exact) mass is 357 g/mol. The zero-order valence-electron chi connectivity index (χ0n) is 8.88. The minimum absolute atomic E-state index is 0.205. The fraction of sp³-hybridized carbons (Fsp3) is 0.0769. The van der Waals surface area contributed by atoms with Crippen LogP contribution >= 0.6 is 31.9 Å². The maximum atomic E-state index is 13.5. The lowest BCUT2D eigenvalue weighted by molar-refractivity contribution is 0.612. The lowest BCUT2D eigenvalue weighted by Gasteiger charge is -2.07. The predicted molar refractivity (Wildman–Crippen MR) is 75.6 cm³/mol. The molecule has 0 unspecified atom stereocenters. The van der Waals surface area contributed by atoms with Crippen LogP contribution in [0.1, 0.15) is 5.56 Å². The fourth-order valence-corrected chi connectivity index (χ4v) is 2.03. The average Bonchev–Trinajstić information content (AvgIpc) is 2.30. The maximum Gasteiger partial charge on any atom is 0.129 e. The van der Waals surface area contributed by atoms with Gasteiger partial charge in [0.15, 0.2) is 0 Å². The van der Waals surface area contributed by atoms with E-state index < -0.39 is 0 Å². The Bertz CT molecular complexity index is 511. The number of halogens is 3. The highest BCUT2D eigenvalue weighted by Gasteiger charge is 2.02. The van der Waals surface area contributed by atoms with Gasteiger partial charge in [-0.1, -0.05) is 37.9 Å². The average molecular weight is 359 g/mol. The number of nitrogens with one attached hydrogen (secondary N) is 1. The first kappa shape index (κ1) is 12.6. The van der Waals surface area contributed by atoms with Crippen molar-refractivity contribution >= 4 is 37.5 Å². The Hall–Kier alpha value is -0.870. The van der Waals surface area contributed by atoms with E-state index in [1.165, 1.54) is 6.07 Å². The molecule has 2 aromatic carbocycles. The zero-order valence-corrected chi connectivity index (χ0v) is 12.1. The molecule has 88 valence electrons. The van der Waals surface area contributed by atoms with Gasteiger partial charge in [-0.05, 0) is 36.4 Å². The van der Waals surface area contributed by atoms with Crippen molar-refractivity contribution < 1.29 is 4.39 Å². The smallest absolute Gasteiger partial charge is 0.129 e. The van der Waals surface area contributed by atoms with Gasteiger partial charge in [-0.25, -0.2) is 4.39 Å². The molecule has 0 fully saturated rings. The summed E-state index contributed by atoms with van der Waals surface area (Å²) in [5, 5.41) is 3.17. The van der Waals surface area contributed by atoms with E-state index in [4.69, 9.17) is 0 Å². The molecule has 0 aliphatic rings. The van der Waals surface area contributed by atoms with E-state index in [0.29, 0.717) is 12.1 Å². The second-order valence-corrected chi connectivity index (χ2v) is 5.43. The van der Waals surface area contributed by atoms with Crippen LogP contribution in [-0.2, 0) is 6.54 Å². The van der Waals surface area contributed by atoms with Crippen molar-refractivity contribution in [3.63, 3.8) is 0 Å². The molecular formula is C13H10Br2FN. The van der Waals surface area contributed by atoms with E-state index in [1.54, 1.807) is 6.07 Å². The highest BCUT2D eigenvalue weighted by molar-refractivity contribution is 9.10. The number of hydrogen-bond donors (Lipinski definition) is 1. The molecular weight excluding hydrogens is 349 g/mol. The topological polar surface area (TPSA) is 12.0 Å². The number of rotatable bonds is 3. The van der Waals surface area contributed by atoms with Gasteiger partial charge < -0.3 is 5.32 Å². The highest BCUT2D eigenvalue weighted by atomic mass is 79.9. The van der Waals surface area contributed by atoms with Crippen LogP contribution < -0.4 is 5.32 Å². The minimum atomic E-state index is -0.205. The normalized spacial score (nSPS) is 10.3. The van der Waals surface area contributed by atoms with Crippen LogP contribution in [0.2, 0.25) is 0 Å². The lowest BCUT2D eigenvalue weighted by atomic mass is 10.2. The zero-order chi connectivity index (χ0) is 12.3. The second-order valence-electron chi connectivity index (χ2n) is 3.60. The van der Waals surface area contributed by atoms with E-state index in [0.717, 1.165) is 14.6 Å². The highest BCUT2D eigenvalue weighted by Crippen LogP contribution is 2.18. The van der Waals surface area contributed by atoms with E-state index in [-0.39, 0.29) is 5.82 Å². The van der Waals surface area contributed by atoms with Crippen LogP contribution in [0.15, 0.2) is 51.4 Å². The summed E-state index contributed by atoms with van der Waals surface area (Å²) in [7, 11) is 0. The van der Waals surface area contributed by atoms with Crippen LogP contribution in [0.25, 0.3) is 0 Å². The Labute approximate surface area is 116 Å².